The van der Waals surface area contributed by atoms with Crippen LogP contribution in [0.1, 0.15) is 11.1 Å². The van der Waals surface area contributed by atoms with Crippen LogP contribution < -0.4 is 15.1 Å². The third-order valence-corrected chi connectivity index (χ3v) is 5.05. The van der Waals surface area contributed by atoms with Gasteiger partial charge in [0.15, 0.2) is 0 Å². The largest absolute Gasteiger partial charge is 0.368 e. The van der Waals surface area contributed by atoms with Crippen LogP contribution >= 0.6 is 0 Å². The van der Waals surface area contributed by atoms with E-state index >= 15 is 0 Å². The highest BCUT2D eigenvalue weighted by Gasteiger charge is 2.19. The van der Waals surface area contributed by atoms with Gasteiger partial charge < -0.3 is 15.1 Å². The van der Waals surface area contributed by atoms with Gasteiger partial charge in [0, 0.05) is 31.9 Å². The van der Waals surface area contributed by atoms with Gasteiger partial charge in [0.05, 0.1) is 24.5 Å². The first-order valence-electron chi connectivity index (χ1n) is 9.90. The number of anilines is 3. The maximum absolute atomic E-state index is 12.3. The maximum atomic E-state index is 12.3. The second kappa shape index (κ2) is 8.73. The van der Waals surface area contributed by atoms with E-state index in [2.05, 4.69) is 49.4 Å². The van der Waals surface area contributed by atoms with Gasteiger partial charge in [0.2, 0.25) is 11.9 Å². The predicted octanol–water partition coefficient (Wildman–Crippen LogP) is 3.29. The van der Waals surface area contributed by atoms with Crippen molar-refractivity contribution in [3.8, 4) is 0 Å². The average Bonchev–Trinajstić information content (AvgIpc) is 2.75. The van der Waals surface area contributed by atoms with E-state index in [4.69, 9.17) is 0 Å². The molecule has 0 atom stereocenters. The quantitative estimate of drug-likeness (QED) is 0.728. The average molecular weight is 387 g/mol. The zero-order valence-electron chi connectivity index (χ0n) is 16.6. The SMILES string of the molecule is Cc1cccc(CC(=O)Nc2cnc(N3CCN(c4ccccc4)CC3)nc2)c1. The first-order valence-corrected chi connectivity index (χ1v) is 9.90. The third kappa shape index (κ3) is 4.90. The van der Waals surface area contributed by atoms with Crippen LogP contribution in [0.15, 0.2) is 67.0 Å². The van der Waals surface area contributed by atoms with E-state index < -0.39 is 0 Å². The molecule has 0 spiro atoms. The minimum Gasteiger partial charge on any atom is -0.368 e. The van der Waals surface area contributed by atoms with Crippen molar-refractivity contribution in [2.75, 3.05) is 41.3 Å². The zero-order valence-corrected chi connectivity index (χ0v) is 16.6. The molecule has 1 aliphatic rings. The Kier molecular flexibility index (Phi) is 5.70. The number of rotatable bonds is 5. The van der Waals surface area contributed by atoms with E-state index in [0.29, 0.717) is 18.1 Å². The Bertz CT molecular complexity index is 951. The van der Waals surface area contributed by atoms with Crippen molar-refractivity contribution in [1.29, 1.82) is 0 Å². The van der Waals surface area contributed by atoms with Crippen LogP contribution in [0.25, 0.3) is 0 Å². The second-order valence-corrected chi connectivity index (χ2v) is 7.30. The lowest BCUT2D eigenvalue weighted by Gasteiger charge is -2.36. The highest BCUT2D eigenvalue weighted by molar-refractivity contribution is 5.92. The molecule has 0 bridgehead atoms. The van der Waals surface area contributed by atoms with Crippen LogP contribution in [0.4, 0.5) is 17.3 Å². The minimum absolute atomic E-state index is 0.0663. The van der Waals surface area contributed by atoms with Gasteiger partial charge in [0.25, 0.3) is 0 Å². The van der Waals surface area contributed by atoms with Crippen LogP contribution in [-0.2, 0) is 11.2 Å². The zero-order chi connectivity index (χ0) is 20.1. The summed E-state index contributed by atoms with van der Waals surface area (Å²) in [6.07, 6.45) is 3.70. The molecule has 29 heavy (non-hydrogen) atoms. The Labute approximate surface area is 171 Å². The summed E-state index contributed by atoms with van der Waals surface area (Å²) in [5, 5.41) is 2.88. The molecule has 6 heteroatoms. The highest BCUT2D eigenvalue weighted by atomic mass is 16.1. The predicted molar refractivity (Wildman–Crippen MR) is 116 cm³/mol. The van der Waals surface area contributed by atoms with E-state index in [1.54, 1.807) is 12.4 Å². The Morgan fingerprint density at radius 2 is 1.62 bits per heavy atom. The van der Waals surface area contributed by atoms with Crippen molar-refractivity contribution in [3.63, 3.8) is 0 Å². The third-order valence-electron chi connectivity index (χ3n) is 5.05. The van der Waals surface area contributed by atoms with Crippen LogP contribution in [0.5, 0.6) is 0 Å². The topological polar surface area (TPSA) is 61.4 Å². The first kappa shape index (κ1) is 18.9. The number of nitrogens with zero attached hydrogens (tertiary/aromatic N) is 4. The van der Waals surface area contributed by atoms with Crippen LogP contribution in [0, 0.1) is 6.92 Å². The van der Waals surface area contributed by atoms with Crippen molar-refractivity contribution in [3.05, 3.63) is 78.1 Å². The highest BCUT2D eigenvalue weighted by Crippen LogP contribution is 2.18. The summed E-state index contributed by atoms with van der Waals surface area (Å²) in [4.78, 5) is 25.7. The van der Waals surface area contributed by atoms with Gasteiger partial charge in [-0.05, 0) is 24.6 Å². The van der Waals surface area contributed by atoms with E-state index in [9.17, 15) is 4.79 Å². The Hall–Kier alpha value is -3.41. The molecule has 0 radical (unpaired) electrons. The number of hydrogen-bond donors (Lipinski definition) is 1. The molecular weight excluding hydrogens is 362 g/mol. The number of piperazine rings is 1. The summed E-state index contributed by atoms with van der Waals surface area (Å²) in [5.74, 6) is 0.637. The van der Waals surface area contributed by atoms with Crippen LogP contribution in [0.2, 0.25) is 0 Å². The van der Waals surface area contributed by atoms with Crippen LogP contribution in [-0.4, -0.2) is 42.1 Å². The second-order valence-electron chi connectivity index (χ2n) is 7.30. The summed E-state index contributed by atoms with van der Waals surface area (Å²) < 4.78 is 0. The van der Waals surface area contributed by atoms with Gasteiger partial charge in [-0.3, -0.25) is 4.79 Å². The molecule has 1 fully saturated rings. The molecule has 0 saturated carbocycles. The lowest BCUT2D eigenvalue weighted by atomic mass is 10.1. The first-order chi connectivity index (χ1) is 14.2. The number of hydrogen-bond acceptors (Lipinski definition) is 5. The maximum Gasteiger partial charge on any atom is 0.228 e. The summed E-state index contributed by atoms with van der Waals surface area (Å²) >= 11 is 0. The number of benzene rings is 2. The fourth-order valence-electron chi connectivity index (χ4n) is 3.57. The molecule has 4 rings (SSSR count). The Morgan fingerprint density at radius 3 is 2.31 bits per heavy atom. The summed E-state index contributed by atoms with van der Waals surface area (Å²) in [6.45, 7) is 5.63. The molecular formula is C23H25N5O. The fourth-order valence-corrected chi connectivity index (χ4v) is 3.57. The smallest absolute Gasteiger partial charge is 0.228 e. The van der Waals surface area contributed by atoms with Crippen LogP contribution in [0.3, 0.4) is 0 Å². The van der Waals surface area contributed by atoms with E-state index in [0.717, 1.165) is 37.3 Å². The van der Waals surface area contributed by atoms with Gasteiger partial charge in [-0.1, -0.05) is 48.0 Å². The summed E-state index contributed by atoms with van der Waals surface area (Å²) in [6, 6.07) is 18.4. The van der Waals surface area contributed by atoms with E-state index in [1.165, 1.54) is 5.69 Å². The lowest BCUT2D eigenvalue weighted by Crippen LogP contribution is -2.47. The van der Waals surface area contributed by atoms with Crippen molar-refractivity contribution in [2.24, 2.45) is 0 Å². The molecule has 1 aromatic heterocycles. The molecule has 1 aliphatic heterocycles. The van der Waals surface area contributed by atoms with Gasteiger partial charge >= 0.3 is 0 Å². The number of carbonyl (C=O) groups excluding carboxylic acids is 1. The molecule has 0 unspecified atom stereocenters. The lowest BCUT2D eigenvalue weighted by molar-refractivity contribution is -0.115. The number of aryl methyl sites for hydroxylation is 1. The van der Waals surface area contributed by atoms with Gasteiger partial charge in [0.1, 0.15) is 0 Å². The molecule has 6 nitrogen and oxygen atoms in total. The molecule has 0 aliphatic carbocycles. The number of aromatic nitrogens is 2. The van der Waals surface area contributed by atoms with E-state index in [-0.39, 0.29) is 5.91 Å². The van der Waals surface area contributed by atoms with Gasteiger partial charge in [-0.15, -0.1) is 0 Å². The molecule has 2 heterocycles. The van der Waals surface area contributed by atoms with E-state index in [1.807, 2.05) is 37.3 Å². The van der Waals surface area contributed by atoms with Crippen molar-refractivity contribution in [1.82, 2.24) is 9.97 Å². The molecule has 3 aromatic rings. The summed E-state index contributed by atoms with van der Waals surface area (Å²) in [7, 11) is 0. The normalized spacial score (nSPS) is 14.0. The van der Waals surface area contributed by atoms with Crippen molar-refractivity contribution >= 4 is 23.2 Å². The van der Waals surface area contributed by atoms with Gasteiger partial charge in [-0.25, -0.2) is 9.97 Å². The standard InChI is InChI=1S/C23H25N5O/c1-18-6-5-7-19(14-18)15-22(29)26-20-16-24-23(25-17-20)28-12-10-27(11-13-28)21-8-3-2-4-9-21/h2-9,14,16-17H,10-13,15H2,1H3,(H,26,29). The summed E-state index contributed by atoms with van der Waals surface area (Å²) in [5.41, 5.74) is 4.01. The molecule has 148 valence electrons. The number of amides is 1. The molecule has 2 aromatic carbocycles. The number of nitrogens with one attached hydrogen (secondary N) is 1. The van der Waals surface area contributed by atoms with Crippen molar-refractivity contribution in [2.45, 2.75) is 13.3 Å². The van der Waals surface area contributed by atoms with Crippen molar-refractivity contribution < 1.29 is 4.79 Å². The minimum atomic E-state index is -0.0663. The molecule has 1 N–H and O–H groups in total. The Balaban J connectivity index is 1.31. The Morgan fingerprint density at radius 1 is 0.931 bits per heavy atom. The van der Waals surface area contributed by atoms with Gasteiger partial charge in [-0.2, -0.15) is 0 Å². The number of carbonyl (C=O) groups is 1. The number of para-hydroxylation sites is 1. The molecule has 1 amide bonds. The fraction of sp³-hybridized carbons (Fsp3) is 0.261. The molecule has 1 saturated heterocycles. The monoisotopic (exact) mass is 387 g/mol.